The number of piperidine rings is 1. The number of aliphatic carboxylic acids is 1. The quantitative estimate of drug-likeness (QED) is 0.216. The molecule has 5 rings (SSSR count). The van der Waals surface area contributed by atoms with Crippen molar-refractivity contribution in [2.24, 2.45) is 11.3 Å². The molecule has 0 radical (unpaired) electrons. The number of nitrogens with zero attached hydrogens (tertiary/aromatic N) is 2. The number of carboxylic acids is 1. The largest absolute Gasteiger partial charge is 0.760 e. The predicted octanol–water partition coefficient (Wildman–Crippen LogP) is 6.79. The van der Waals surface area contributed by atoms with Crippen LogP contribution in [-0.4, -0.2) is 54.1 Å². The van der Waals surface area contributed by atoms with Gasteiger partial charge in [-0.2, -0.15) is 0 Å². The van der Waals surface area contributed by atoms with Crippen molar-refractivity contribution < 1.29 is 27.8 Å². The number of carboxylic acid groups (broad SMARTS) is 1. The number of carbonyl (C=O) groups excluding carboxylic acids is 1. The summed E-state index contributed by atoms with van der Waals surface area (Å²) in [5, 5.41) is 10.9. The molecule has 7 nitrogen and oxygen atoms in total. The molecule has 2 aliphatic rings. The lowest BCUT2D eigenvalue weighted by Gasteiger charge is -2.52. The van der Waals surface area contributed by atoms with Gasteiger partial charge in [0.05, 0.1) is 17.9 Å². The average molecular weight is 661 g/mol. The fourth-order valence-corrected chi connectivity index (χ4v) is 7.41. The van der Waals surface area contributed by atoms with Crippen LogP contribution in [0.2, 0.25) is 10.0 Å². The van der Waals surface area contributed by atoms with E-state index in [1.54, 1.807) is 42.2 Å². The SMILES string of the molecule is CC1(CC(=O)O)CC(c2cccc(Cl)c2)C(c2ccc(Cl)cc2)N(C(CN(CCc2cccc(F)c2)S(=O)[O-])C2CC2)C1=O. The zero-order chi connectivity index (χ0) is 31.6. The fraction of sp³-hybridized carbons (Fsp3) is 0.394. The van der Waals surface area contributed by atoms with Crippen molar-refractivity contribution in [3.8, 4) is 0 Å². The molecule has 1 aliphatic heterocycles. The normalized spacial score (nSPS) is 23.5. The molecule has 3 aromatic rings. The maximum absolute atomic E-state index is 14.6. The molecule has 1 aliphatic carbocycles. The first-order valence-corrected chi connectivity index (χ1v) is 16.4. The molecule has 5 atom stereocenters. The summed E-state index contributed by atoms with van der Waals surface area (Å²) >= 11 is 10.1. The first-order valence-electron chi connectivity index (χ1n) is 14.6. The van der Waals surface area contributed by atoms with Crippen molar-refractivity contribution in [3.63, 3.8) is 0 Å². The second kappa shape index (κ2) is 13.7. The van der Waals surface area contributed by atoms with E-state index in [1.807, 2.05) is 30.3 Å². The molecule has 11 heteroatoms. The summed E-state index contributed by atoms with van der Waals surface area (Å²) in [6.07, 6.45) is 1.79. The van der Waals surface area contributed by atoms with Crippen molar-refractivity contribution in [2.45, 2.75) is 57.0 Å². The number of hydrogen-bond donors (Lipinski definition) is 1. The highest BCUT2D eigenvalue weighted by molar-refractivity contribution is 7.76. The van der Waals surface area contributed by atoms with Gasteiger partial charge in [0.25, 0.3) is 0 Å². The monoisotopic (exact) mass is 659 g/mol. The van der Waals surface area contributed by atoms with Gasteiger partial charge in [-0.1, -0.05) is 66.5 Å². The number of hydrogen-bond acceptors (Lipinski definition) is 4. The molecule has 0 bridgehead atoms. The van der Waals surface area contributed by atoms with E-state index in [0.29, 0.717) is 22.0 Å². The topological polar surface area (TPSA) is 101 Å². The van der Waals surface area contributed by atoms with Gasteiger partial charge >= 0.3 is 5.97 Å². The average Bonchev–Trinajstić information content (AvgIpc) is 3.80. The van der Waals surface area contributed by atoms with Crippen molar-refractivity contribution in [3.05, 3.63) is 105 Å². The first kappa shape index (κ1) is 32.6. The summed E-state index contributed by atoms with van der Waals surface area (Å²) in [7, 11) is 0. The van der Waals surface area contributed by atoms with E-state index in [1.165, 1.54) is 16.4 Å². The van der Waals surface area contributed by atoms with Crippen LogP contribution >= 0.6 is 23.2 Å². The summed E-state index contributed by atoms with van der Waals surface area (Å²) in [4.78, 5) is 28.5. The lowest BCUT2D eigenvalue weighted by atomic mass is 9.67. The highest BCUT2D eigenvalue weighted by atomic mass is 35.5. The minimum absolute atomic E-state index is 0.0251. The molecule has 3 aromatic carbocycles. The smallest absolute Gasteiger partial charge is 0.304 e. The Hall–Kier alpha value is -2.82. The van der Waals surface area contributed by atoms with Gasteiger partial charge in [0.2, 0.25) is 5.91 Å². The second-order valence-electron chi connectivity index (χ2n) is 12.1. The Morgan fingerprint density at radius 1 is 1.09 bits per heavy atom. The Morgan fingerprint density at radius 2 is 1.80 bits per heavy atom. The second-order valence-corrected chi connectivity index (χ2v) is 13.9. The van der Waals surface area contributed by atoms with Crippen LogP contribution in [0.3, 0.4) is 0 Å². The van der Waals surface area contributed by atoms with Crippen molar-refractivity contribution in [1.82, 2.24) is 9.21 Å². The minimum Gasteiger partial charge on any atom is -0.760 e. The molecule has 1 heterocycles. The zero-order valence-electron chi connectivity index (χ0n) is 24.2. The molecule has 0 spiro atoms. The van der Waals surface area contributed by atoms with E-state index in [9.17, 15) is 27.8 Å². The number of carbonyl (C=O) groups is 2. The van der Waals surface area contributed by atoms with Crippen molar-refractivity contribution >= 4 is 46.3 Å². The van der Waals surface area contributed by atoms with E-state index in [-0.39, 0.29) is 43.7 Å². The molecule has 1 N–H and O–H groups in total. The lowest BCUT2D eigenvalue weighted by Crippen LogP contribution is -2.59. The van der Waals surface area contributed by atoms with Crippen LogP contribution in [0, 0.1) is 17.2 Å². The third kappa shape index (κ3) is 7.51. The third-order valence-corrected chi connectivity index (χ3v) is 10.0. The van der Waals surface area contributed by atoms with Gasteiger partial charge in [-0.3, -0.25) is 13.8 Å². The Balaban J connectivity index is 1.59. The lowest BCUT2D eigenvalue weighted by molar-refractivity contribution is -0.161. The van der Waals surface area contributed by atoms with Crippen LogP contribution in [0.4, 0.5) is 4.39 Å². The molecule has 44 heavy (non-hydrogen) atoms. The summed E-state index contributed by atoms with van der Waals surface area (Å²) in [5.74, 6) is -2.12. The fourth-order valence-electron chi connectivity index (χ4n) is 6.57. The van der Waals surface area contributed by atoms with Crippen LogP contribution in [0.25, 0.3) is 0 Å². The van der Waals surface area contributed by atoms with Crippen LogP contribution in [0.15, 0.2) is 72.8 Å². The summed E-state index contributed by atoms with van der Waals surface area (Å²) < 4.78 is 40.2. The van der Waals surface area contributed by atoms with Crippen LogP contribution in [0.1, 0.15) is 61.3 Å². The number of benzene rings is 3. The summed E-state index contributed by atoms with van der Waals surface area (Å²) in [6.45, 7) is 1.81. The van der Waals surface area contributed by atoms with Gasteiger partial charge < -0.3 is 14.6 Å². The number of rotatable bonds is 12. The van der Waals surface area contributed by atoms with Gasteiger partial charge in [0.1, 0.15) is 5.82 Å². The number of amides is 1. The molecule has 2 fully saturated rings. The van der Waals surface area contributed by atoms with Crippen LogP contribution < -0.4 is 0 Å². The van der Waals surface area contributed by atoms with E-state index < -0.39 is 40.6 Å². The maximum Gasteiger partial charge on any atom is 0.304 e. The predicted molar refractivity (Wildman–Crippen MR) is 167 cm³/mol. The Labute approximate surface area is 269 Å². The Bertz CT molecular complexity index is 1540. The molecule has 1 saturated carbocycles. The van der Waals surface area contributed by atoms with E-state index in [2.05, 4.69) is 0 Å². The van der Waals surface area contributed by atoms with E-state index in [4.69, 9.17) is 23.2 Å². The standard InChI is InChI=1S/C33H35Cl2FN2O5S/c1-33(19-30(39)40)18-28(24-5-3-6-26(35)17-24)31(23-10-12-25(34)13-11-23)38(32(33)41)29(22-8-9-22)20-37(44(42)43)15-14-21-4-2-7-27(36)16-21/h2-7,10-13,16-17,22,28-29,31H,8-9,14-15,18-20H2,1H3,(H,39,40)(H,42,43)/p-1. The molecule has 1 saturated heterocycles. The maximum atomic E-state index is 14.6. The first-order chi connectivity index (χ1) is 20.9. The molecule has 0 aromatic heterocycles. The molecule has 5 unspecified atom stereocenters. The minimum atomic E-state index is -2.62. The van der Waals surface area contributed by atoms with Gasteiger partial charge in [0, 0.05) is 46.4 Å². The van der Waals surface area contributed by atoms with Crippen molar-refractivity contribution in [1.29, 1.82) is 0 Å². The third-order valence-electron chi connectivity index (χ3n) is 8.80. The summed E-state index contributed by atoms with van der Waals surface area (Å²) in [5.41, 5.74) is 1.08. The molecule has 234 valence electrons. The molecule has 1 amide bonds. The van der Waals surface area contributed by atoms with Gasteiger partial charge in [-0.15, -0.1) is 0 Å². The Morgan fingerprint density at radius 3 is 2.41 bits per heavy atom. The van der Waals surface area contributed by atoms with Crippen LogP contribution in [-0.2, 0) is 27.3 Å². The van der Waals surface area contributed by atoms with E-state index >= 15 is 0 Å². The summed E-state index contributed by atoms with van der Waals surface area (Å²) in [6, 6.07) is 19.6. The van der Waals surface area contributed by atoms with Crippen molar-refractivity contribution in [2.75, 3.05) is 13.1 Å². The molecular weight excluding hydrogens is 626 g/mol. The Kier molecular flexibility index (Phi) is 10.1. The van der Waals surface area contributed by atoms with E-state index in [0.717, 1.165) is 24.0 Å². The van der Waals surface area contributed by atoms with Crippen LogP contribution in [0.5, 0.6) is 0 Å². The number of likely N-dealkylation sites (tertiary alicyclic amines) is 1. The highest BCUT2D eigenvalue weighted by Gasteiger charge is 2.54. The zero-order valence-corrected chi connectivity index (χ0v) is 26.5. The van der Waals surface area contributed by atoms with Gasteiger partial charge in [-0.25, -0.2) is 8.70 Å². The molecular formula is C33H34Cl2FN2O5S-. The number of halogens is 3. The van der Waals surface area contributed by atoms with Gasteiger partial charge in [-0.05, 0) is 84.7 Å². The van der Waals surface area contributed by atoms with Gasteiger partial charge in [0.15, 0.2) is 0 Å². The highest BCUT2D eigenvalue weighted by Crippen LogP contribution is 2.54.